The molecule has 0 aromatic heterocycles. The predicted octanol–water partition coefficient (Wildman–Crippen LogP) is 3.85. The number of allylic oxidation sites excluding steroid dienone is 2. The fraction of sp³-hybridized carbons (Fsp3) is 0.800. The Morgan fingerprint density at radius 1 is 1.35 bits per heavy atom. The number of carbonyl (C=O) groups excluding carboxylic acids is 1. The molecule has 2 rings (SSSR count). The van der Waals surface area contributed by atoms with E-state index in [4.69, 9.17) is 4.74 Å². The third-order valence-electron chi connectivity index (χ3n) is 3.90. The standard InChI is InChI=1S/C15H24O2/c1-4-11-9-12(8-10(2)3)17-14-7-5-6-13(16)15(11)14/h10-12H,4-9H2,1-3H3. The molecule has 0 N–H and O–H groups in total. The quantitative estimate of drug-likeness (QED) is 0.744. The highest BCUT2D eigenvalue weighted by atomic mass is 16.5. The van der Waals surface area contributed by atoms with Crippen molar-refractivity contribution < 1.29 is 9.53 Å². The maximum atomic E-state index is 12.0. The van der Waals surface area contributed by atoms with Crippen molar-refractivity contribution in [3.63, 3.8) is 0 Å². The van der Waals surface area contributed by atoms with Gasteiger partial charge in [-0.25, -0.2) is 0 Å². The van der Waals surface area contributed by atoms with E-state index in [1.165, 1.54) is 0 Å². The topological polar surface area (TPSA) is 26.3 Å². The summed E-state index contributed by atoms with van der Waals surface area (Å²) in [6, 6.07) is 0. The maximum Gasteiger partial charge on any atom is 0.162 e. The van der Waals surface area contributed by atoms with Crippen LogP contribution in [0.5, 0.6) is 0 Å². The monoisotopic (exact) mass is 236 g/mol. The second kappa shape index (κ2) is 5.24. The molecule has 0 aromatic carbocycles. The van der Waals surface area contributed by atoms with Crippen molar-refractivity contribution in [1.29, 1.82) is 0 Å². The first kappa shape index (κ1) is 12.7. The Morgan fingerprint density at radius 2 is 2.12 bits per heavy atom. The lowest BCUT2D eigenvalue weighted by molar-refractivity contribution is -0.118. The number of hydrogen-bond donors (Lipinski definition) is 0. The summed E-state index contributed by atoms with van der Waals surface area (Å²) >= 11 is 0. The Kier molecular flexibility index (Phi) is 3.90. The second-order valence-electron chi connectivity index (χ2n) is 5.82. The van der Waals surface area contributed by atoms with Gasteiger partial charge in [-0.1, -0.05) is 20.8 Å². The SMILES string of the molecule is CCC1CC(CC(C)C)OC2=C1C(=O)CCC2. The molecule has 2 aliphatic rings. The zero-order valence-electron chi connectivity index (χ0n) is 11.3. The van der Waals surface area contributed by atoms with Crippen molar-refractivity contribution in [1.82, 2.24) is 0 Å². The molecule has 0 saturated heterocycles. The Morgan fingerprint density at radius 3 is 2.76 bits per heavy atom. The molecule has 2 heteroatoms. The Balaban J connectivity index is 2.18. The van der Waals surface area contributed by atoms with Crippen LogP contribution in [0.3, 0.4) is 0 Å². The zero-order chi connectivity index (χ0) is 12.4. The Hall–Kier alpha value is -0.790. The average molecular weight is 236 g/mol. The second-order valence-corrected chi connectivity index (χ2v) is 5.82. The van der Waals surface area contributed by atoms with Crippen molar-refractivity contribution in [3.05, 3.63) is 11.3 Å². The number of carbonyl (C=O) groups is 1. The molecule has 0 bridgehead atoms. The van der Waals surface area contributed by atoms with Gasteiger partial charge in [-0.2, -0.15) is 0 Å². The van der Waals surface area contributed by atoms with E-state index in [2.05, 4.69) is 20.8 Å². The lowest BCUT2D eigenvalue weighted by Gasteiger charge is -2.36. The molecule has 0 spiro atoms. The summed E-state index contributed by atoms with van der Waals surface area (Å²) in [5, 5.41) is 0. The summed E-state index contributed by atoms with van der Waals surface area (Å²) in [7, 11) is 0. The van der Waals surface area contributed by atoms with Crippen LogP contribution in [0.2, 0.25) is 0 Å². The highest BCUT2D eigenvalue weighted by molar-refractivity contribution is 5.97. The summed E-state index contributed by atoms with van der Waals surface area (Å²) in [5.74, 6) is 2.50. The van der Waals surface area contributed by atoms with E-state index in [1.807, 2.05) is 0 Å². The van der Waals surface area contributed by atoms with Gasteiger partial charge in [-0.15, -0.1) is 0 Å². The van der Waals surface area contributed by atoms with Crippen LogP contribution in [0.4, 0.5) is 0 Å². The summed E-state index contributed by atoms with van der Waals surface area (Å²) in [6.07, 6.45) is 6.25. The van der Waals surface area contributed by atoms with Gasteiger partial charge < -0.3 is 4.74 Å². The zero-order valence-corrected chi connectivity index (χ0v) is 11.3. The Labute approximate surface area is 104 Å². The third-order valence-corrected chi connectivity index (χ3v) is 3.90. The summed E-state index contributed by atoms with van der Waals surface area (Å²) in [6.45, 7) is 6.66. The Bertz CT molecular complexity index is 328. The van der Waals surface area contributed by atoms with Gasteiger partial charge >= 0.3 is 0 Å². The van der Waals surface area contributed by atoms with Crippen LogP contribution >= 0.6 is 0 Å². The molecular formula is C15H24O2. The molecule has 0 radical (unpaired) electrons. The molecular weight excluding hydrogens is 212 g/mol. The van der Waals surface area contributed by atoms with Crippen LogP contribution in [-0.4, -0.2) is 11.9 Å². The van der Waals surface area contributed by atoms with E-state index < -0.39 is 0 Å². The smallest absolute Gasteiger partial charge is 0.162 e. The first-order valence-electron chi connectivity index (χ1n) is 7.04. The number of ketones is 1. The van der Waals surface area contributed by atoms with Gasteiger partial charge in [0.25, 0.3) is 0 Å². The van der Waals surface area contributed by atoms with Crippen molar-refractivity contribution in [3.8, 4) is 0 Å². The summed E-state index contributed by atoms with van der Waals surface area (Å²) in [4.78, 5) is 12.0. The molecule has 0 saturated carbocycles. The van der Waals surface area contributed by atoms with Crippen LogP contribution < -0.4 is 0 Å². The maximum absolute atomic E-state index is 12.0. The fourth-order valence-electron chi connectivity index (χ4n) is 3.14. The molecule has 0 fully saturated rings. The van der Waals surface area contributed by atoms with Crippen molar-refractivity contribution in [2.75, 3.05) is 0 Å². The number of ether oxygens (including phenoxy) is 1. The largest absolute Gasteiger partial charge is 0.494 e. The van der Waals surface area contributed by atoms with Gasteiger partial charge in [0.15, 0.2) is 5.78 Å². The normalized spacial score (nSPS) is 29.3. The number of Topliss-reactive ketones (excluding diaryl/α,β-unsaturated/α-hetero) is 1. The van der Waals surface area contributed by atoms with Crippen LogP contribution in [0.15, 0.2) is 11.3 Å². The van der Waals surface area contributed by atoms with Gasteiger partial charge in [-0.3, -0.25) is 4.79 Å². The fourth-order valence-corrected chi connectivity index (χ4v) is 3.14. The van der Waals surface area contributed by atoms with E-state index >= 15 is 0 Å². The minimum atomic E-state index is 0.338. The average Bonchev–Trinajstić information content (AvgIpc) is 2.27. The minimum absolute atomic E-state index is 0.338. The molecule has 0 amide bonds. The molecule has 2 nitrogen and oxygen atoms in total. The van der Waals surface area contributed by atoms with Crippen LogP contribution in [0.25, 0.3) is 0 Å². The van der Waals surface area contributed by atoms with Crippen LogP contribution in [-0.2, 0) is 9.53 Å². The van der Waals surface area contributed by atoms with Gasteiger partial charge in [0.1, 0.15) is 5.76 Å². The highest BCUT2D eigenvalue weighted by Gasteiger charge is 2.35. The van der Waals surface area contributed by atoms with Gasteiger partial charge in [0.05, 0.1) is 6.10 Å². The summed E-state index contributed by atoms with van der Waals surface area (Å²) in [5.41, 5.74) is 1.04. The molecule has 2 atom stereocenters. The highest BCUT2D eigenvalue weighted by Crippen LogP contribution is 2.39. The number of hydrogen-bond acceptors (Lipinski definition) is 2. The predicted molar refractivity (Wildman–Crippen MR) is 68.6 cm³/mol. The molecule has 1 aliphatic carbocycles. The van der Waals surface area contributed by atoms with E-state index in [9.17, 15) is 4.79 Å². The van der Waals surface area contributed by atoms with Gasteiger partial charge in [0.2, 0.25) is 0 Å². The number of rotatable bonds is 3. The van der Waals surface area contributed by atoms with E-state index in [1.54, 1.807) is 0 Å². The van der Waals surface area contributed by atoms with Gasteiger partial charge in [0, 0.05) is 18.4 Å². The lowest BCUT2D eigenvalue weighted by atomic mass is 9.79. The molecule has 0 aromatic rings. The third kappa shape index (κ3) is 2.72. The van der Waals surface area contributed by atoms with Crippen molar-refractivity contribution >= 4 is 5.78 Å². The van der Waals surface area contributed by atoms with Crippen LogP contribution in [0, 0.1) is 11.8 Å². The summed E-state index contributed by atoms with van der Waals surface area (Å²) < 4.78 is 6.06. The molecule has 1 aliphatic heterocycles. The minimum Gasteiger partial charge on any atom is -0.494 e. The van der Waals surface area contributed by atoms with Gasteiger partial charge in [-0.05, 0) is 37.5 Å². The first-order chi connectivity index (χ1) is 8.11. The molecule has 2 unspecified atom stereocenters. The van der Waals surface area contributed by atoms with Crippen molar-refractivity contribution in [2.45, 2.75) is 65.4 Å². The van der Waals surface area contributed by atoms with Crippen LogP contribution in [0.1, 0.15) is 59.3 Å². The molecule has 1 heterocycles. The van der Waals surface area contributed by atoms with E-state index in [-0.39, 0.29) is 0 Å². The molecule has 17 heavy (non-hydrogen) atoms. The van der Waals surface area contributed by atoms with E-state index in [0.717, 1.165) is 49.9 Å². The first-order valence-corrected chi connectivity index (χ1v) is 7.04. The van der Waals surface area contributed by atoms with Crippen molar-refractivity contribution in [2.24, 2.45) is 11.8 Å². The lowest BCUT2D eigenvalue weighted by Crippen LogP contribution is -2.31. The van der Waals surface area contributed by atoms with E-state index in [0.29, 0.717) is 23.7 Å². The molecule has 96 valence electrons.